The second-order valence-electron chi connectivity index (χ2n) is 10.2. The number of rotatable bonds is 19. The summed E-state index contributed by atoms with van der Waals surface area (Å²) in [4.78, 5) is 11.5. The van der Waals surface area contributed by atoms with Gasteiger partial charge in [-0.25, -0.2) is 4.79 Å². The van der Waals surface area contributed by atoms with Gasteiger partial charge in [0.25, 0.3) is 0 Å². The lowest BCUT2D eigenvalue weighted by Crippen LogP contribution is -2.09. The standard InChI is InChI=1S/C33H50O3/c1-4-7-10-13-16-23-29-30(28-22-19-18-21-27(28)20-15-12-9-6-3)25-26-32(36-33(34)35)31(29)24-17-14-11-8-5-2/h18-19,21-22,25-26H,4-17,20,23-24H2,1-3H3,(H,34,35). The maximum absolute atomic E-state index is 11.5. The molecular formula is C33H50O3. The molecule has 0 aliphatic rings. The molecule has 2 rings (SSSR count). The van der Waals surface area contributed by atoms with E-state index in [1.807, 2.05) is 6.07 Å². The number of carboxylic acid groups (broad SMARTS) is 1. The summed E-state index contributed by atoms with van der Waals surface area (Å²) in [5.41, 5.74) is 6.41. The molecule has 1 N–H and O–H groups in total. The summed E-state index contributed by atoms with van der Waals surface area (Å²) in [6, 6.07) is 12.8. The highest BCUT2D eigenvalue weighted by atomic mass is 16.7. The van der Waals surface area contributed by atoms with Crippen LogP contribution in [0.25, 0.3) is 11.1 Å². The average molecular weight is 495 g/mol. The highest BCUT2D eigenvalue weighted by Gasteiger charge is 2.19. The first-order valence-corrected chi connectivity index (χ1v) is 14.8. The Morgan fingerprint density at radius 2 is 1.14 bits per heavy atom. The molecule has 0 spiro atoms. The molecule has 0 amide bonds. The van der Waals surface area contributed by atoms with Crippen LogP contribution >= 0.6 is 0 Å². The number of hydrogen-bond acceptors (Lipinski definition) is 2. The Kier molecular flexibility index (Phi) is 15.0. The van der Waals surface area contributed by atoms with Crippen molar-refractivity contribution in [2.24, 2.45) is 0 Å². The molecule has 2 aromatic rings. The average Bonchev–Trinajstić information content (AvgIpc) is 2.87. The first kappa shape index (κ1) is 29.9. The maximum Gasteiger partial charge on any atom is 0.511 e. The second kappa shape index (κ2) is 18.0. The molecule has 0 saturated carbocycles. The zero-order chi connectivity index (χ0) is 26.0. The minimum atomic E-state index is -1.22. The number of carbonyl (C=O) groups is 1. The molecule has 0 atom stereocenters. The highest BCUT2D eigenvalue weighted by molar-refractivity contribution is 5.74. The number of benzene rings is 2. The van der Waals surface area contributed by atoms with Crippen molar-refractivity contribution in [3.8, 4) is 16.9 Å². The third kappa shape index (κ3) is 10.4. The Morgan fingerprint density at radius 3 is 1.75 bits per heavy atom. The minimum Gasteiger partial charge on any atom is -0.449 e. The van der Waals surface area contributed by atoms with E-state index in [9.17, 15) is 9.90 Å². The molecule has 0 radical (unpaired) electrons. The zero-order valence-corrected chi connectivity index (χ0v) is 23.2. The topological polar surface area (TPSA) is 46.5 Å². The number of hydrogen-bond donors (Lipinski definition) is 1. The predicted octanol–water partition coefficient (Wildman–Crippen LogP) is 10.6. The monoisotopic (exact) mass is 494 g/mol. The van der Waals surface area contributed by atoms with E-state index in [4.69, 9.17) is 4.74 Å². The Bertz CT molecular complexity index is 886. The fourth-order valence-corrected chi connectivity index (χ4v) is 5.23. The van der Waals surface area contributed by atoms with Crippen molar-refractivity contribution in [2.75, 3.05) is 0 Å². The fourth-order valence-electron chi connectivity index (χ4n) is 5.23. The largest absolute Gasteiger partial charge is 0.511 e. The van der Waals surface area contributed by atoms with Crippen molar-refractivity contribution in [1.82, 2.24) is 0 Å². The van der Waals surface area contributed by atoms with Gasteiger partial charge in [0.15, 0.2) is 0 Å². The highest BCUT2D eigenvalue weighted by Crippen LogP contribution is 2.37. The van der Waals surface area contributed by atoms with Crippen molar-refractivity contribution in [1.29, 1.82) is 0 Å². The van der Waals surface area contributed by atoms with Gasteiger partial charge in [-0.15, -0.1) is 0 Å². The van der Waals surface area contributed by atoms with Crippen molar-refractivity contribution in [3.63, 3.8) is 0 Å². The van der Waals surface area contributed by atoms with Gasteiger partial charge in [0.2, 0.25) is 0 Å². The van der Waals surface area contributed by atoms with Crippen molar-refractivity contribution < 1.29 is 14.6 Å². The van der Waals surface area contributed by atoms with E-state index in [2.05, 4.69) is 51.1 Å². The molecule has 0 aliphatic heterocycles. The second-order valence-corrected chi connectivity index (χ2v) is 10.2. The third-order valence-corrected chi connectivity index (χ3v) is 7.25. The lowest BCUT2D eigenvalue weighted by molar-refractivity contribution is 0.144. The molecule has 0 heterocycles. The molecule has 0 unspecified atom stereocenters. The maximum atomic E-state index is 11.5. The third-order valence-electron chi connectivity index (χ3n) is 7.25. The van der Waals surface area contributed by atoms with Gasteiger partial charge in [-0.3, -0.25) is 0 Å². The van der Waals surface area contributed by atoms with Crippen molar-refractivity contribution in [2.45, 2.75) is 130 Å². The van der Waals surface area contributed by atoms with Crippen LogP contribution in [-0.4, -0.2) is 11.3 Å². The summed E-state index contributed by atoms with van der Waals surface area (Å²) in [6.45, 7) is 6.74. The van der Waals surface area contributed by atoms with Gasteiger partial charge in [0.05, 0.1) is 0 Å². The summed E-state index contributed by atoms with van der Waals surface area (Å²) >= 11 is 0. The molecule has 3 heteroatoms. The normalized spacial score (nSPS) is 11.1. The lowest BCUT2D eigenvalue weighted by Gasteiger charge is -2.20. The number of ether oxygens (including phenoxy) is 1. The molecule has 3 nitrogen and oxygen atoms in total. The molecule has 36 heavy (non-hydrogen) atoms. The zero-order valence-electron chi connectivity index (χ0n) is 23.2. The van der Waals surface area contributed by atoms with Gasteiger partial charge in [0, 0.05) is 0 Å². The summed E-state index contributed by atoms with van der Waals surface area (Å²) in [7, 11) is 0. The van der Waals surface area contributed by atoms with E-state index in [0.717, 1.165) is 37.7 Å². The lowest BCUT2D eigenvalue weighted by atomic mass is 9.86. The van der Waals surface area contributed by atoms with E-state index in [0.29, 0.717) is 5.75 Å². The van der Waals surface area contributed by atoms with Crippen molar-refractivity contribution in [3.05, 3.63) is 53.1 Å². The summed E-state index contributed by atoms with van der Waals surface area (Å²) in [5, 5.41) is 9.45. The fraction of sp³-hybridized carbons (Fsp3) is 0.606. The van der Waals surface area contributed by atoms with Crippen LogP contribution in [0.2, 0.25) is 0 Å². The molecule has 0 fully saturated rings. The number of aryl methyl sites for hydroxylation is 1. The van der Waals surface area contributed by atoms with Gasteiger partial charge in [-0.05, 0) is 72.4 Å². The van der Waals surface area contributed by atoms with Gasteiger partial charge < -0.3 is 9.84 Å². The molecule has 2 aromatic carbocycles. The van der Waals surface area contributed by atoms with Gasteiger partial charge in [-0.2, -0.15) is 0 Å². The van der Waals surface area contributed by atoms with Crippen LogP contribution in [0.5, 0.6) is 5.75 Å². The van der Waals surface area contributed by atoms with Crippen LogP contribution in [0.15, 0.2) is 36.4 Å². The molecular weight excluding hydrogens is 444 g/mol. The Labute approximate surface area is 220 Å². The molecule has 200 valence electrons. The van der Waals surface area contributed by atoms with Crippen LogP contribution in [0.4, 0.5) is 4.79 Å². The molecule has 0 aromatic heterocycles. The van der Waals surface area contributed by atoms with Gasteiger partial charge in [-0.1, -0.05) is 122 Å². The molecule has 0 bridgehead atoms. The Hall–Kier alpha value is -2.29. The van der Waals surface area contributed by atoms with Crippen LogP contribution in [0.1, 0.15) is 127 Å². The van der Waals surface area contributed by atoms with Crippen LogP contribution in [0.3, 0.4) is 0 Å². The van der Waals surface area contributed by atoms with Crippen LogP contribution < -0.4 is 4.74 Å². The molecule has 0 saturated heterocycles. The number of unbranched alkanes of at least 4 members (excludes halogenated alkanes) is 11. The van der Waals surface area contributed by atoms with Crippen molar-refractivity contribution >= 4 is 6.16 Å². The Morgan fingerprint density at radius 1 is 0.611 bits per heavy atom. The van der Waals surface area contributed by atoms with E-state index < -0.39 is 6.16 Å². The van der Waals surface area contributed by atoms with Gasteiger partial charge in [0.1, 0.15) is 5.75 Å². The summed E-state index contributed by atoms with van der Waals surface area (Å²) in [5.74, 6) is 0.533. The Balaban J connectivity index is 2.43. The van der Waals surface area contributed by atoms with E-state index in [1.165, 1.54) is 99.3 Å². The van der Waals surface area contributed by atoms with Crippen LogP contribution in [-0.2, 0) is 19.3 Å². The first-order chi connectivity index (χ1) is 17.6. The van der Waals surface area contributed by atoms with E-state index in [1.54, 1.807) is 0 Å². The quantitative estimate of drug-likeness (QED) is 0.120. The summed E-state index contributed by atoms with van der Waals surface area (Å²) in [6.07, 6.45) is 18.8. The predicted molar refractivity (Wildman–Crippen MR) is 153 cm³/mol. The summed E-state index contributed by atoms with van der Waals surface area (Å²) < 4.78 is 5.34. The SMILES string of the molecule is CCCCCCCc1c(OC(=O)O)ccc(-c2ccccc2CCCCCC)c1CCCCCCC. The smallest absolute Gasteiger partial charge is 0.449 e. The van der Waals surface area contributed by atoms with Gasteiger partial charge >= 0.3 is 6.16 Å². The van der Waals surface area contributed by atoms with E-state index in [-0.39, 0.29) is 0 Å². The minimum absolute atomic E-state index is 0.533. The first-order valence-electron chi connectivity index (χ1n) is 14.8. The van der Waals surface area contributed by atoms with Crippen LogP contribution in [0, 0.1) is 0 Å². The van der Waals surface area contributed by atoms with E-state index >= 15 is 0 Å². The molecule has 0 aliphatic carbocycles.